The molecule has 0 atom stereocenters. The van der Waals surface area contributed by atoms with Crippen LogP contribution in [0.5, 0.6) is 0 Å². The van der Waals surface area contributed by atoms with Gasteiger partial charge in [0, 0.05) is 11.6 Å². The van der Waals surface area contributed by atoms with E-state index in [2.05, 4.69) is 4.98 Å². The highest BCUT2D eigenvalue weighted by Crippen LogP contribution is 2.32. The normalized spacial score (nSPS) is 12.6. The molecular formula is C12H14F2N2. The Hall–Kier alpha value is -1.45. The summed E-state index contributed by atoms with van der Waals surface area (Å²) >= 11 is 0. The number of rotatable bonds is 1. The predicted octanol–water partition coefficient (Wildman–Crippen LogP) is 3.57. The minimum atomic E-state index is -2.53. The van der Waals surface area contributed by atoms with Gasteiger partial charge in [-0.3, -0.25) is 0 Å². The Morgan fingerprint density at radius 2 is 1.94 bits per heavy atom. The minimum Gasteiger partial charge on any atom is -0.303 e. The number of imidazole rings is 1. The largest absolute Gasteiger partial charge is 0.303 e. The number of aromatic nitrogens is 2. The summed E-state index contributed by atoms with van der Waals surface area (Å²) in [6.45, 7) is 5.74. The molecule has 2 nitrogen and oxygen atoms in total. The van der Waals surface area contributed by atoms with Crippen molar-refractivity contribution in [3.8, 4) is 0 Å². The molecule has 0 saturated heterocycles. The first kappa shape index (κ1) is 11.0. The fraction of sp³-hybridized carbons (Fsp3) is 0.417. The van der Waals surface area contributed by atoms with Crippen LogP contribution in [0.25, 0.3) is 5.65 Å². The molecule has 2 aromatic rings. The molecule has 0 aromatic carbocycles. The van der Waals surface area contributed by atoms with Crippen LogP contribution < -0.4 is 0 Å². The molecule has 4 heteroatoms. The van der Waals surface area contributed by atoms with E-state index < -0.39 is 6.43 Å². The van der Waals surface area contributed by atoms with Crippen molar-refractivity contribution >= 4 is 5.65 Å². The summed E-state index contributed by atoms with van der Waals surface area (Å²) < 4.78 is 27.6. The Bertz CT molecular complexity index is 509. The van der Waals surface area contributed by atoms with Crippen molar-refractivity contribution in [3.05, 3.63) is 35.8 Å². The highest BCUT2D eigenvalue weighted by Gasteiger charge is 2.28. The van der Waals surface area contributed by atoms with E-state index in [1.807, 2.05) is 26.8 Å². The lowest BCUT2D eigenvalue weighted by Gasteiger charge is -2.19. The van der Waals surface area contributed by atoms with E-state index in [-0.39, 0.29) is 11.1 Å². The number of pyridine rings is 1. The minimum absolute atomic E-state index is 0.112. The van der Waals surface area contributed by atoms with Gasteiger partial charge in [0.15, 0.2) is 0 Å². The van der Waals surface area contributed by atoms with Crippen LogP contribution in [-0.4, -0.2) is 9.38 Å². The van der Waals surface area contributed by atoms with Crippen molar-refractivity contribution in [2.24, 2.45) is 0 Å². The molecule has 0 saturated carbocycles. The molecule has 0 aliphatic rings. The Morgan fingerprint density at radius 3 is 2.50 bits per heavy atom. The number of fused-ring (bicyclic) bond motifs is 1. The Morgan fingerprint density at radius 1 is 1.25 bits per heavy atom. The molecule has 0 fully saturated rings. The van der Waals surface area contributed by atoms with Crippen molar-refractivity contribution in [3.63, 3.8) is 0 Å². The predicted molar refractivity (Wildman–Crippen MR) is 58.8 cm³/mol. The topological polar surface area (TPSA) is 17.3 Å². The summed E-state index contributed by atoms with van der Waals surface area (Å²) in [6.07, 6.45) is -0.761. The van der Waals surface area contributed by atoms with Gasteiger partial charge in [-0.1, -0.05) is 26.8 Å². The van der Waals surface area contributed by atoms with Gasteiger partial charge in [-0.05, 0) is 12.1 Å². The van der Waals surface area contributed by atoms with Crippen LogP contribution in [0.1, 0.15) is 38.6 Å². The van der Waals surface area contributed by atoms with E-state index in [0.717, 1.165) is 0 Å². The molecule has 0 unspecified atom stereocenters. The van der Waals surface area contributed by atoms with Crippen LogP contribution in [0.15, 0.2) is 24.4 Å². The molecule has 0 spiro atoms. The number of halogens is 2. The van der Waals surface area contributed by atoms with E-state index in [1.165, 1.54) is 0 Å². The third kappa shape index (κ3) is 1.68. The zero-order valence-corrected chi connectivity index (χ0v) is 9.54. The van der Waals surface area contributed by atoms with Gasteiger partial charge in [0.1, 0.15) is 11.3 Å². The molecular weight excluding hydrogens is 210 g/mol. The summed E-state index contributed by atoms with van der Waals surface area (Å²) in [5.41, 5.74) is 0.687. The van der Waals surface area contributed by atoms with Crippen molar-refractivity contribution in [2.75, 3.05) is 0 Å². The number of hydrogen-bond donors (Lipinski definition) is 0. The maximum atomic E-state index is 12.9. The lowest BCUT2D eigenvalue weighted by atomic mass is 9.90. The zero-order valence-electron chi connectivity index (χ0n) is 9.54. The van der Waals surface area contributed by atoms with Gasteiger partial charge in [-0.25, -0.2) is 13.8 Å². The average Bonchev–Trinajstić information content (AvgIpc) is 2.55. The fourth-order valence-corrected chi connectivity index (χ4v) is 1.91. The Kier molecular flexibility index (Phi) is 2.45. The lowest BCUT2D eigenvalue weighted by Crippen LogP contribution is -2.16. The Labute approximate surface area is 92.9 Å². The fourth-order valence-electron chi connectivity index (χ4n) is 1.91. The van der Waals surface area contributed by atoms with Gasteiger partial charge in [0.25, 0.3) is 6.43 Å². The first-order chi connectivity index (χ1) is 7.41. The van der Waals surface area contributed by atoms with E-state index in [1.54, 1.807) is 22.7 Å². The van der Waals surface area contributed by atoms with Gasteiger partial charge >= 0.3 is 0 Å². The molecule has 0 radical (unpaired) electrons. The van der Waals surface area contributed by atoms with Crippen LogP contribution in [0, 0.1) is 0 Å². The van der Waals surface area contributed by atoms with Crippen molar-refractivity contribution < 1.29 is 8.78 Å². The maximum Gasteiger partial charge on any atom is 0.282 e. The molecule has 2 rings (SSSR count). The molecule has 0 aliphatic heterocycles. The molecule has 86 valence electrons. The van der Waals surface area contributed by atoms with Crippen LogP contribution in [-0.2, 0) is 5.41 Å². The molecule has 0 amide bonds. The highest BCUT2D eigenvalue weighted by molar-refractivity contribution is 5.45. The zero-order chi connectivity index (χ0) is 11.9. The third-order valence-corrected chi connectivity index (χ3v) is 2.47. The second-order valence-electron chi connectivity index (χ2n) is 4.83. The molecule has 2 heterocycles. The lowest BCUT2D eigenvalue weighted by molar-refractivity contribution is 0.144. The third-order valence-electron chi connectivity index (χ3n) is 2.47. The summed E-state index contributed by atoms with van der Waals surface area (Å²) in [4.78, 5) is 3.99. The van der Waals surface area contributed by atoms with E-state index in [0.29, 0.717) is 11.3 Å². The summed E-state index contributed by atoms with van der Waals surface area (Å²) in [7, 11) is 0. The quantitative estimate of drug-likeness (QED) is 0.723. The number of alkyl halides is 2. The first-order valence-corrected chi connectivity index (χ1v) is 5.17. The van der Waals surface area contributed by atoms with Crippen LogP contribution >= 0.6 is 0 Å². The summed E-state index contributed by atoms with van der Waals surface area (Å²) in [5.74, 6) is 0. The van der Waals surface area contributed by atoms with Crippen LogP contribution in [0.2, 0.25) is 0 Å². The second-order valence-corrected chi connectivity index (χ2v) is 4.83. The first-order valence-electron chi connectivity index (χ1n) is 5.17. The van der Waals surface area contributed by atoms with Crippen molar-refractivity contribution in [1.29, 1.82) is 0 Å². The summed E-state index contributed by atoms with van der Waals surface area (Å²) in [5, 5.41) is 0. The number of nitrogens with zero attached hydrogens (tertiary/aromatic N) is 2. The molecule has 2 aromatic heterocycles. The second kappa shape index (κ2) is 3.54. The van der Waals surface area contributed by atoms with Gasteiger partial charge in [0.05, 0.1) is 5.69 Å². The molecule has 0 aliphatic carbocycles. The van der Waals surface area contributed by atoms with Crippen molar-refractivity contribution in [1.82, 2.24) is 9.38 Å². The SMILES string of the molecule is CC(C)(C)c1c(C(F)F)nc2ccccn12. The molecule has 0 bridgehead atoms. The molecule has 0 N–H and O–H groups in total. The average molecular weight is 224 g/mol. The van der Waals surface area contributed by atoms with Crippen LogP contribution in [0.3, 0.4) is 0 Å². The van der Waals surface area contributed by atoms with Gasteiger partial charge in [-0.15, -0.1) is 0 Å². The van der Waals surface area contributed by atoms with Crippen LogP contribution in [0.4, 0.5) is 8.78 Å². The number of hydrogen-bond acceptors (Lipinski definition) is 1. The molecule has 16 heavy (non-hydrogen) atoms. The van der Waals surface area contributed by atoms with Crippen molar-refractivity contribution in [2.45, 2.75) is 32.6 Å². The highest BCUT2D eigenvalue weighted by atomic mass is 19.3. The van der Waals surface area contributed by atoms with Gasteiger partial charge < -0.3 is 4.40 Å². The Balaban J connectivity index is 2.80. The monoisotopic (exact) mass is 224 g/mol. The maximum absolute atomic E-state index is 12.9. The standard InChI is InChI=1S/C12H14F2N2/c1-12(2,3)10-9(11(13)14)15-8-6-4-5-7-16(8)10/h4-7,11H,1-3H3. The van der Waals surface area contributed by atoms with E-state index >= 15 is 0 Å². The summed E-state index contributed by atoms with van der Waals surface area (Å²) in [6, 6.07) is 5.35. The van der Waals surface area contributed by atoms with Gasteiger partial charge in [-0.2, -0.15) is 0 Å². The van der Waals surface area contributed by atoms with E-state index in [9.17, 15) is 8.78 Å². The van der Waals surface area contributed by atoms with E-state index in [4.69, 9.17) is 0 Å². The van der Waals surface area contributed by atoms with Gasteiger partial charge in [0.2, 0.25) is 0 Å². The smallest absolute Gasteiger partial charge is 0.282 e.